The molecule has 1 unspecified atom stereocenters. The third-order valence-electron chi connectivity index (χ3n) is 3.27. The Morgan fingerprint density at radius 1 is 0.852 bits per heavy atom. The molecule has 13 heteroatoms. The molecule has 1 atom stereocenters. The highest BCUT2D eigenvalue weighted by Crippen LogP contribution is 2.43. The standard InChI is InChI=1S/C12H18F8O3S.C2H7N/c13-9(11(17,18)12(19,20)24(21,22)23)7-5-3-1-2-4-6-8-10(14,15)16;1-3-2/h9H,1-8H2,(H,21,22,23);3H,1-2H3. The molecule has 0 saturated carbocycles. The van der Waals surface area contributed by atoms with Crippen LogP contribution < -0.4 is 5.32 Å². The first kappa shape index (κ1) is 28.5. The van der Waals surface area contributed by atoms with Crippen LogP contribution in [-0.2, 0) is 10.1 Å². The van der Waals surface area contributed by atoms with E-state index in [1.54, 1.807) is 0 Å². The van der Waals surface area contributed by atoms with Crippen LogP contribution in [0.5, 0.6) is 0 Å². The van der Waals surface area contributed by atoms with Gasteiger partial charge in [-0.15, -0.1) is 0 Å². The fraction of sp³-hybridized carbons (Fsp3) is 1.00. The van der Waals surface area contributed by atoms with E-state index in [1.807, 2.05) is 14.1 Å². The topological polar surface area (TPSA) is 66.4 Å². The van der Waals surface area contributed by atoms with Crippen LogP contribution in [0.1, 0.15) is 51.4 Å². The third-order valence-corrected chi connectivity index (χ3v) is 4.19. The summed E-state index contributed by atoms with van der Waals surface area (Å²) in [5.41, 5.74) is 0. The van der Waals surface area contributed by atoms with E-state index in [2.05, 4.69) is 5.32 Å². The third kappa shape index (κ3) is 11.0. The molecule has 0 aromatic heterocycles. The number of nitrogens with one attached hydrogen (secondary N) is 1. The first-order chi connectivity index (χ1) is 12.0. The van der Waals surface area contributed by atoms with Gasteiger partial charge in [-0.3, -0.25) is 4.55 Å². The van der Waals surface area contributed by atoms with Crippen molar-refractivity contribution in [1.82, 2.24) is 5.32 Å². The quantitative estimate of drug-likeness (QED) is 0.271. The van der Waals surface area contributed by atoms with Gasteiger partial charge in [0, 0.05) is 6.42 Å². The molecule has 0 aromatic rings. The van der Waals surface area contributed by atoms with E-state index >= 15 is 0 Å². The first-order valence-corrected chi connectivity index (χ1v) is 9.50. The Bertz CT molecular complexity index is 497. The van der Waals surface area contributed by atoms with Gasteiger partial charge >= 0.3 is 27.5 Å². The van der Waals surface area contributed by atoms with Crippen molar-refractivity contribution in [3.8, 4) is 0 Å². The summed E-state index contributed by atoms with van der Waals surface area (Å²) in [6.45, 7) is 0. The largest absolute Gasteiger partial charge is 0.434 e. The molecule has 166 valence electrons. The summed E-state index contributed by atoms with van der Waals surface area (Å²) in [5, 5.41) is -3.20. The van der Waals surface area contributed by atoms with Gasteiger partial charge in [-0.05, 0) is 26.9 Å². The molecule has 0 amide bonds. The molecular weight excluding hydrogens is 414 g/mol. The highest BCUT2D eigenvalue weighted by Gasteiger charge is 2.69. The van der Waals surface area contributed by atoms with Gasteiger partial charge in [-0.2, -0.15) is 39.2 Å². The van der Waals surface area contributed by atoms with Crippen LogP contribution >= 0.6 is 0 Å². The van der Waals surface area contributed by atoms with E-state index in [4.69, 9.17) is 4.55 Å². The molecule has 0 spiro atoms. The van der Waals surface area contributed by atoms with Gasteiger partial charge in [0.15, 0.2) is 6.17 Å². The highest BCUT2D eigenvalue weighted by atomic mass is 32.2. The van der Waals surface area contributed by atoms with Crippen molar-refractivity contribution in [2.75, 3.05) is 14.1 Å². The predicted octanol–water partition coefficient (Wildman–Crippen LogP) is 4.96. The van der Waals surface area contributed by atoms with Crippen LogP contribution in [0, 0.1) is 0 Å². The van der Waals surface area contributed by atoms with E-state index in [1.165, 1.54) is 0 Å². The Morgan fingerprint density at radius 3 is 1.59 bits per heavy atom. The number of alkyl halides is 8. The molecule has 0 aromatic carbocycles. The molecule has 0 aliphatic carbocycles. The average molecular weight is 439 g/mol. The summed E-state index contributed by atoms with van der Waals surface area (Å²) in [5.74, 6) is -5.59. The second kappa shape index (κ2) is 12.0. The maximum absolute atomic E-state index is 13.2. The number of hydrogen-bond donors (Lipinski definition) is 2. The lowest BCUT2D eigenvalue weighted by molar-refractivity contribution is -0.198. The lowest BCUT2D eigenvalue weighted by Crippen LogP contribution is -2.52. The van der Waals surface area contributed by atoms with Gasteiger partial charge in [0.1, 0.15) is 0 Å². The molecule has 27 heavy (non-hydrogen) atoms. The van der Waals surface area contributed by atoms with Crippen molar-refractivity contribution < 1.29 is 48.1 Å². The van der Waals surface area contributed by atoms with Crippen molar-refractivity contribution >= 4 is 10.1 Å². The maximum Gasteiger partial charge on any atom is 0.434 e. The fourth-order valence-electron chi connectivity index (χ4n) is 1.89. The van der Waals surface area contributed by atoms with E-state index in [0.29, 0.717) is 12.8 Å². The van der Waals surface area contributed by atoms with E-state index < -0.39 is 46.5 Å². The van der Waals surface area contributed by atoms with Crippen molar-refractivity contribution in [2.24, 2.45) is 0 Å². The Balaban J connectivity index is 0. The summed E-state index contributed by atoms with van der Waals surface area (Å²) < 4.78 is 129. The van der Waals surface area contributed by atoms with Gasteiger partial charge in [-0.1, -0.05) is 32.1 Å². The Labute approximate surface area is 153 Å². The Morgan fingerprint density at radius 2 is 1.22 bits per heavy atom. The van der Waals surface area contributed by atoms with Crippen LogP contribution in [0.25, 0.3) is 0 Å². The first-order valence-electron chi connectivity index (χ1n) is 8.06. The number of halogens is 8. The zero-order valence-electron chi connectivity index (χ0n) is 14.9. The molecule has 0 aliphatic rings. The number of unbranched alkanes of at least 4 members (excludes halogenated alkanes) is 5. The van der Waals surface area contributed by atoms with Crippen molar-refractivity contribution in [2.45, 2.75) is 74.9 Å². The molecule has 4 nitrogen and oxygen atoms in total. The van der Waals surface area contributed by atoms with Crippen LogP contribution in [0.3, 0.4) is 0 Å². The van der Waals surface area contributed by atoms with Crippen molar-refractivity contribution in [3.05, 3.63) is 0 Å². The second-order valence-electron chi connectivity index (χ2n) is 5.86. The summed E-state index contributed by atoms with van der Waals surface area (Å²) >= 11 is 0. The van der Waals surface area contributed by atoms with E-state index in [-0.39, 0.29) is 25.7 Å². The molecule has 0 aliphatic heterocycles. The van der Waals surface area contributed by atoms with Gasteiger partial charge in [0.2, 0.25) is 0 Å². The second-order valence-corrected chi connectivity index (χ2v) is 7.32. The molecular formula is C14H25F8NO3S. The Kier molecular flexibility index (Phi) is 12.7. The van der Waals surface area contributed by atoms with Crippen LogP contribution in [0.2, 0.25) is 0 Å². The highest BCUT2D eigenvalue weighted by molar-refractivity contribution is 7.87. The lowest BCUT2D eigenvalue weighted by Gasteiger charge is -2.26. The van der Waals surface area contributed by atoms with Crippen LogP contribution in [0.4, 0.5) is 35.1 Å². The number of hydrogen-bond acceptors (Lipinski definition) is 3. The number of rotatable bonds is 11. The maximum atomic E-state index is 13.2. The van der Waals surface area contributed by atoms with Gasteiger partial charge < -0.3 is 5.32 Å². The molecule has 2 N–H and O–H groups in total. The molecule has 0 saturated heterocycles. The minimum atomic E-state index is -6.48. The molecule has 0 rings (SSSR count). The molecule has 0 bridgehead atoms. The van der Waals surface area contributed by atoms with Crippen molar-refractivity contribution in [3.63, 3.8) is 0 Å². The minimum absolute atomic E-state index is 0.103. The van der Waals surface area contributed by atoms with Gasteiger partial charge in [-0.25, -0.2) is 4.39 Å². The minimum Gasteiger partial charge on any atom is -0.323 e. The van der Waals surface area contributed by atoms with E-state index in [9.17, 15) is 43.5 Å². The summed E-state index contributed by atoms with van der Waals surface area (Å²) in [7, 11) is -2.73. The van der Waals surface area contributed by atoms with Gasteiger partial charge in [0.05, 0.1) is 0 Å². The van der Waals surface area contributed by atoms with Crippen LogP contribution in [-0.4, -0.2) is 50.6 Å². The lowest BCUT2D eigenvalue weighted by atomic mass is 10.0. The fourth-order valence-corrected chi connectivity index (χ4v) is 2.36. The smallest absolute Gasteiger partial charge is 0.323 e. The zero-order valence-corrected chi connectivity index (χ0v) is 15.7. The van der Waals surface area contributed by atoms with Crippen molar-refractivity contribution in [1.29, 1.82) is 0 Å². The monoisotopic (exact) mass is 439 g/mol. The summed E-state index contributed by atoms with van der Waals surface area (Å²) in [6.07, 6.45) is -9.17. The normalized spacial score (nSPS) is 14.5. The Hall–Kier alpha value is -0.690. The molecule has 0 heterocycles. The average Bonchev–Trinajstić information content (AvgIpc) is 2.48. The summed E-state index contributed by atoms with van der Waals surface area (Å²) in [6, 6.07) is 0. The molecule has 0 radical (unpaired) electrons. The molecule has 0 fully saturated rings. The zero-order chi connectivity index (χ0) is 21.9. The van der Waals surface area contributed by atoms with E-state index in [0.717, 1.165) is 0 Å². The predicted molar refractivity (Wildman–Crippen MR) is 84.3 cm³/mol. The SMILES string of the molecule is CNC.O=S(=O)(O)C(F)(F)C(F)(F)C(F)CCCCCCCCC(F)(F)F. The van der Waals surface area contributed by atoms with Gasteiger partial charge in [0.25, 0.3) is 0 Å². The summed E-state index contributed by atoms with van der Waals surface area (Å²) in [4.78, 5) is 0. The van der Waals surface area contributed by atoms with Crippen LogP contribution in [0.15, 0.2) is 0 Å².